The molecule has 150 valence electrons. The molecule has 29 heavy (non-hydrogen) atoms. The van der Waals surface area contributed by atoms with Gasteiger partial charge in [0, 0.05) is 29.0 Å². The first-order valence-corrected chi connectivity index (χ1v) is 10.4. The van der Waals surface area contributed by atoms with Crippen molar-refractivity contribution in [3.05, 3.63) is 70.1 Å². The van der Waals surface area contributed by atoms with Gasteiger partial charge < -0.3 is 10.6 Å². The van der Waals surface area contributed by atoms with Gasteiger partial charge in [0.2, 0.25) is 5.91 Å². The zero-order chi connectivity index (χ0) is 21.0. The lowest BCUT2D eigenvalue weighted by atomic mass is 9.98. The number of hydrogen-bond donors (Lipinski definition) is 2. The second kappa shape index (κ2) is 9.01. The van der Waals surface area contributed by atoms with Gasteiger partial charge >= 0.3 is 0 Å². The molecule has 0 saturated heterocycles. The minimum Gasteiger partial charge on any atom is -0.349 e. The van der Waals surface area contributed by atoms with Gasteiger partial charge in [-0.05, 0) is 51.0 Å². The number of hydrogen-bond acceptors (Lipinski definition) is 4. The van der Waals surface area contributed by atoms with E-state index in [-0.39, 0.29) is 24.3 Å². The van der Waals surface area contributed by atoms with Crippen molar-refractivity contribution in [2.45, 2.75) is 40.2 Å². The number of aryl methyl sites for hydroxylation is 3. The summed E-state index contributed by atoms with van der Waals surface area (Å²) in [5.41, 5.74) is 6.11. The SMILES string of the molecule is Cc1cc(C)c(-c2csc(NC(=O)CC(C)NC(=O)c3ccccc3)n2)c(C)c1. The summed E-state index contributed by atoms with van der Waals surface area (Å²) in [6, 6.07) is 12.9. The van der Waals surface area contributed by atoms with E-state index in [1.54, 1.807) is 12.1 Å². The first-order chi connectivity index (χ1) is 13.8. The van der Waals surface area contributed by atoms with Crippen LogP contribution in [0.4, 0.5) is 5.13 Å². The Morgan fingerprint density at radius 2 is 1.72 bits per heavy atom. The number of aromatic nitrogens is 1. The summed E-state index contributed by atoms with van der Waals surface area (Å²) in [6.45, 7) is 8.04. The van der Waals surface area contributed by atoms with Crippen LogP contribution in [0.25, 0.3) is 11.3 Å². The van der Waals surface area contributed by atoms with Crippen LogP contribution in [0.5, 0.6) is 0 Å². The molecule has 6 heteroatoms. The summed E-state index contributed by atoms with van der Waals surface area (Å²) in [5.74, 6) is -0.364. The Labute approximate surface area is 175 Å². The molecule has 3 aromatic rings. The predicted octanol–water partition coefficient (Wildman–Crippen LogP) is 4.88. The molecule has 0 aliphatic rings. The third-order valence-electron chi connectivity index (χ3n) is 4.59. The Bertz CT molecular complexity index is 1000. The van der Waals surface area contributed by atoms with Crippen LogP contribution in [0.3, 0.4) is 0 Å². The molecule has 0 radical (unpaired) electrons. The average molecular weight is 408 g/mol. The maximum absolute atomic E-state index is 12.4. The van der Waals surface area contributed by atoms with Crippen LogP contribution >= 0.6 is 11.3 Å². The van der Waals surface area contributed by atoms with E-state index in [1.165, 1.54) is 28.0 Å². The van der Waals surface area contributed by atoms with Crippen LogP contribution in [0.1, 0.15) is 40.4 Å². The summed E-state index contributed by atoms with van der Waals surface area (Å²) >= 11 is 1.40. The van der Waals surface area contributed by atoms with E-state index >= 15 is 0 Å². The van der Waals surface area contributed by atoms with Crippen molar-refractivity contribution in [1.29, 1.82) is 0 Å². The standard InChI is InChI=1S/C23H25N3O2S/c1-14-10-15(2)21(16(3)11-14)19-13-29-23(25-19)26-20(27)12-17(4)24-22(28)18-8-6-5-7-9-18/h5-11,13,17H,12H2,1-4H3,(H,24,28)(H,25,26,27). The fraction of sp³-hybridized carbons (Fsp3) is 0.261. The fourth-order valence-corrected chi connectivity index (χ4v) is 4.14. The molecule has 0 fully saturated rings. The Kier molecular flexibility index (Phi) is 6.44. The van der Waals surface area contributed by atoms with Crippen LogP contribution < -0.4 is 10.6 Å². The monoisotopic (exact) mass is 407 g/mol. The lowest BCUT2D eigenvalue weighted by molar-refractivity contribution is -0.116. The minimum atomic E-state index is -0.288. The molecule has 2 N–H and O–H groups in total. The molecule has 0 aliphatic carbocycles. The van der Waals surface area contributed by atoms with E-state index in [1.807, 2.05) is 30.5 Å². The molecule has 3 rings (SSSR count). The zero-order valence-electron chi connectivity index (χ0n) is 17.1. The van der Waals surface area contributed by atoms with Crippen LogP contribution in [0.2, 0.25) is 0 Å². The summed E-state index contributed by atoms with van der Waals surface area (Å²) < 4.78 is 0. The molecule has 1 heterocycles. The molecular weight excluding hydrogens is 382 g/mol. The van der Waals surface area contributed by atoms with E-state index < -0.39 is 0 Å². The van der Waals surface area contributed by atoms with Gasteiger partial charge in [-0.1, -0.05) is 35.9 Å². The maximum atomic E-state index is 12.4. The second-order valence-corrected chi connectivity index (χ2v) is 8.16. The van der Waals surface area contributed by atoms with Crippen molar-refractivity contribution in [1.82, 2.24) is 10.3 Å². The number of rotatable bonds is 6. The van der Waals surface area contributed by atoms with Crippen LogP contribution in [-0.4, -0.2) is 22.8 Å². The molecule has 0 aliphatic heterocycles. The van der Waals surface area contributed by atoms with Crippen molar-refractivity contribution in [3.8, 4) is 11.3 Å². The summed E-state index contributed by atoms with van der Waals surface area (Å²) in [7, 11) is 0. The van der Waals surface area contributed by atoms with Gasteiger partial charge in [-0.3, -0.25) is 9.59 Å². The van der Waals surface area contributed by atoms with Gasteiger partial charge in [-0.15, -0.1) is 11.3 Å². The average Bonchev–Trinajstić information content (AvgIpc) is 3.09. The number of amides is 2. The molecule has 1 atom stereocenters. The number of carbonyl (C=O) groups is 2. The van der Waals surface area contributed by atoms with E-state index in [0.717, 1.165) is 11.3 Å². The second-order valence-electron chi connectivity index (χ2n) is 7.30. The number of anilines is 1. The van der Waals surface area contributed by atoms with E-state index in [9.17, 15) is 9.59 Å². The topological polar surface area (TPSA) is 71.1 Å². The minimum absolute atomic E-state index is 0.177. The van der Waals surface area contributed by atoms with Crippen molar-refractivity contribution in [3.63, 3.8) is 0 Å². The highest BCUT2D eigenvalue weighted by atomic mass is 32.1. The molecule has 0 saturated carbocycles. The van der Waals surface area contributed by atoms with Crippen LogP contribution in [-0.2, 0) is 4.79 Å². The highest BCUT2D eigenvalue weighted by Gasteiger charge is 2.16. The lowest BCUT2D eigenvalue weighted by Crippen LogP contribution is -2.35. The molecule has 0 spiro atoms. The largest absolute Gasteiger partial charge is 0.349 e. The molecule has 5 nitrogen and oxygen atoms in total. The van der Waals surface area contributed by atoms with Crippen LogP contribution in [0, 0.1) is 20.8 Å². The number of nitrogens with zero attached hydrogens (tertiary/aromatic N) is 1. The molecule has 1 unspecified atom stereocenters. The van der Waals surface area contributed by atoms with Gasteiger partial charge in [0.15, 0.2) is 5.13 Å². The third kappa shape index (κ3) is 5.29. The first kappa shape index (κ1) is 20.7. The van der Waals surface area contributed by atoms with E-state index in [4.69, 9.17) is 0 Å². The highest BCUT2D eigenvalue weighted by Crippen LogP contribution is 2.31. The Hall–Kier alpha value is -2.99. The predicted molar refractivity (Wildman–Crippen MR) is 118 cm³/mol. The lowest BCUT2D eigenvalue weighted by Gasteiger charge is -2.13. The van der Waals surface area contributed by atoms with E-state index in [0.29, 0.717) is 10.7 Å². The normalized spacial score (nSPS) is 11.7. The molecule has 0 bridgehead atoms. The van der Waals surface area contributed by atoms with Gasteiger partial charge in [0.1, 0.15) is 0 Å². The van der Waals surface area contributed by atoms with Crippen molar-refractivity contribution in [2.24, 2.45) is 0 Å². The highest BCUT2D eigenvalue weighted by molar-refractivity contribution is 7.14. The summed E-state index contributed by atoms with van der Waals surface area (Å²) in [5, 5.41) is 8.21. The number of nitrogens with one attached hydrogen (secondary N) is 2. The smallest absolute Gasteiger partial charge is 0.251 e. The fourth-order valence-electron chi connectivity index (χ4n) is 3.43. The van der Waals surface area contributed by atoms with Crippen molar-refractivity contribution >= 4 is 28.3 Å². The van der Waals surface area contributed by atoms with Gasteiger partial charge in [0.25, 0.3) is 5.91 Å². The van der Waals surface area contributed by atoms with Crippen LogP contribution in [0.15, 0.2) is 47.8 Å². The number of benzene rings is 2. The quantitative estimate of drug-likeness (QED) is 0.612. The van der Waals surface area contributed by atoms with Gasteiger partial charge in [-0.25, -0.2) is 4.98 Å². The van der Waals surface area contributed by atoms with Gasteiger partial charge in [-0.2, -0.15) is 0 Å². The Balaban J connectivity index is 1.60. The Morgan fingerprint density at radius 3 is 2.38 bits per heavy atom. The zero-order valence-corrected chi connectivity index (χ0v) is 17.9. The number of carbonyl (C=O) groups excluding carboxylic acids is 2. The maximum Gasteiger partial charge on any atom is 0.251 e. The molecular formula is C23H25N3O2S. The third-order valence-corrected chi connectivity index (χ3v) is 5.35. The van der Waals surface area contributed by atoms with Crippen molar-refractivity contribution < 1.29 is 9.59 Å². The Morgan fingerprint density at radius 1 is 1.07 bits per heavy atom. The van der Waals surface area contributed by atoms with E-state index in [2.05, 4.69) is 48.5 Å². The number of thiazole rings is 1. The molecule has 1 aromatic heterocycles. The summed E-state index contributed by atoms with van der Waals surface area (Å²) in [6.07, 6.45) is 0.177. The molecule has 2 aromatic carbocycles. The summed E-state index contributed by atoms with van der Waals surface area (Å²) in [4.78, 5) is 29.1. The van der Waals surface area contributed by atoms with Gasteiger partial charge in [0.05, 0.1) is 5.69 Å². The first-order valence-electron chi connectivity index (χ1n) is 9.53. The van der Waals surface area contributed by atoms with Crippen molar-refractivity contribution in [2.75, 3.05) is 5.32 Å². The molecule has 2 amide bonds.